The maximum Gasteiger partial charge on any atom is 0.335 e. The van der Waals surface area contributed by atoms with Crippen molar-refractivity contribution in [3.8, 4) is 0 Å². The van der Waals surface area contributed by atoms with Gasteiger partial charge in [0.1, 0.15) is 24.9 Å². The van der Waals surface area contributed by atoms with Crippen molar-refractivity contribution in [3.05, 3.63) is 85.1 Å². The number of allylic oxidation sites excluding steroid dienone is 13. The van der Waals surface area contributed by atoms with Crippen molar-refractivity contribution in [2.24, 2.45) is 0 Å². The minimum absolute atomic E-state index is 0.000486. The van der Waals surface area contributed by atoms with Crippen LogP contribution in [-0.4, -0.2) is 88.4 Å². The number of aliphatic hydroxyl groups excluding tert-OH is 3. The second-order valence-corrected chi connectivity index (χ2v) is 16.6. The van der Waals surface area contributed by atoms with Gasteiger partial charge in [0.25, 0.3) is 0 Å². The Labute approximate surface area is 386 Å². The molecule has 6 atom stereocenters. The van der Waals surface area contributed by atoms with Crippen molar-refractivity contribution in [1.29, 1.82) is 0 Å². The first-order valence-electron chi connectivity index (χ1n) is 24.6. The lowest BCUT2D eigenvalue weighted by atomic mass is 9.99. The van der Waals surface area contributed by atoms with Crippen molar-refractivity contribution in [2.45, 2.75) is 218 Å². The smallest absolute Gasteiger partial charge is 0.335 e. The monoisotopic (exact) mass is 899 g/mol. The maximum absolute atomic E-state index is 12.8. The first kappa shape index (κ1) is 58.4. The number of hydrogen-bond donors (Lipinski definition) is 4. The normalized spacial score (nSPS) is 20.0. The number of hydrogen-bond acceptors (Lipinski definition) is 10. The minimum atomic E-state index is -1.88. The number of ether oxygens (including phenoxy) is 4. The summed E-state index contributed by atoms with van der Waals surface area (Å²) in [5.41, 5.74) is 0. The summed E-state index contributed by atoms with van der Waals surface area (Å²) >= 11 is 0. The van der Waals surface area contributed by atoms with Crippen LogP contribution in [0.25, 0.3) is 0 Å². The highest BCUT2D eigenvalue weighted by atomic mass is 16.7. The van der Waals surface area contributed by atoms with E-state index < -0.39 is 61.3 Å². The van der Waals surface area contributed by atoms with E-state index >= 15 is 0 Å². The molecule has 11 heteroatoms. The van der Waals surface area contributed by atoms with Gasteiger partial charge in [-0.1, -0.05) is 182 Å². The van der Waals surface area contributed by atoms with E-state index in [1.807, 2.05) is 12.2 Å². The highest BCUT2D eigenvalue weighted by Crippen LogP contribution is 2.23. The summed E-state index contributed by atoms with van der Waals surface area (Å²) in [6, 6.07) is 0. The fourth-order valence-corrected chi connectivity index (χ4v) is 6.92. The summed E-state index contributed by atoms with van der Waals surface area (Å²) < 4.78 is 21.7. The third-order valence-corrected chi connectivity index (χ3v) is 10.8. The molecular formula is C53H86O11. The standard InChI is InChI=1S/C53H86O11/c1-3-5-7-9-11-13-15-17-19-20-21-22-23-24-25-26-28-30-32-34-36-38-40-42-47(55)63-45(44-62-53-50(58)48(56)49(57)51(64-53)52(59)60)43-61-46(54)41-39-37-35-33-31-29-27-18-16-14-12-10-8-6-4-2/h6,8,12,14-15,17-18,20-21,27,31,33,37,39,45,48-51,53,56-58H,3-5,7,9-11,13,16,19,22-26,28-30,32,34-36,38,40-44H2,1-2H3,(H,59,60)/b8-6-,14-12-,17-15-,21-20-,27-18-,33-31-,39-37-. The number of esters is 2. The van der Waals surface area contributed by atoms with Gasteiger partial charge in [-0.05, 0) is 70.6 Å². The molecular weight excluding hydrogens is 813 g/mol. The van der Waals surface area contributed by atoms with E-state index in [1.54, 1.807) is 6.08 Å². The van der Waals surface area contributed by atoms with Crippen molar-refractivity contribution >= 4 is 17.9 Å². The molecule has 1 aliphatic rings. The molecule has 1 saturated heterocycles. The Morgan fingerprint density at radius 3 is 1.47 bits per heavy atom. The predicted molar refractivity (Wildman–Crippen MR) is 256 cm³/mol. The van der Waals surface area contributed by atoms with Crippen LogP contribution in [0.2, 0.25) is 0 Å². The van der Waals surface area contributed by atoms with Crippen LogP contribution in [0.3, 0.4) is 0 Å². The zero-order chi connectivity index (χ0) is 46.7. The van der Waals surface area contributed by atoms with Crippen LogP contribution >= 0.6 is 0 Å². The van der Waals surface area contributed by atoms with Crippen molar-refractivity contribution in [3.63, 3.8) is 0 Å². The molecule has 1 fully saturated rings. The topological polar surface area (TPSA) is 169 Å². The maximum atomic E-state index is 12.8. The molecule has 0 amide bonds. The van der Waals surface area contributed by atoms with Crippen molar-refractivity contribution in [2.75, 3.05) is 13.2 Å². The summed E-state index contributed by atoms with van der Waals surface area (Å²) in [6.45, 7) is 3.60. The molecule has 0 bridgehead atoms. The van der Waals surface area contributed by atoms with E-state index in [0.717, 1.165) is 57.8 Å². The van der Waals surface area contributed by atoms with Gasteiger partial charge in [0.2, 0.25) is 0 Å². The molecule has 1 rings (SSSR count). The fourth-order valence-electron chi connectivity index (χ4n) is 6.92. The zero-order valence-corrected chi connectivity index (χ0v) is 39.5. The van der Waals surface area contributed by atoms with Gasteiger partial charge in [0.05, 0.1) is 13.0 Å². The first-order chi connectivity index (χ1) is 31.2. The van der Waals surface area contributed by atoms with Gasteiger partial charge in [0.15, 0.2) is 18.5 Å². The average Bonchev–Trinajstić information content (AvgIpc) is 3.28. The zero-order valence-electron chi connectivity index (χ0n) is 39.5. The van der Waals surface area contributed by atoms with E-state index in [-0.39, 0.29) is 19.4 Å². The molecule has 0 aromatic carbocycles. The molecule has 0 saturated carbocycles. The number of carboxylic acids is 1. The van der Waals surface area contributed by atoms with Gasteiger partial charge < -0.3 is 39.4 Å². The number of carbonyl (C=O) groups excluding carboxylic acids is 2. The summed E-state index contributed by atoms with van der Waals surface area (Å²) in [5, 5.41) is 39.9. The molecule has 1 heterocycles. The van der Waals surface area contributed by atoms with Crippen LogP contribution in [0.5, 0.6) is 0 Å². The van der Waals surface area contributed by atoms with E-state index in [2.05, 4.69) is 80.7 Å². The molecule has 6 unspecified atom stereocenters. The lowest BCUT2D eigenvalue weighted by Crippen LogP contribution is -2.60. The van der Waals surface area contributed by atoms with Crippen LogP contribution in [0.4, 0.5) is 0 Å². The summed E-state index contributed by atoms with van der Waals surface area (Å²) in [5.74, 6) is -2.61. The summed E-state index contributed by atoms with van der Waals surface area (Å²) in [6.07, 6.45) is 46.6. The molecule has 4 N–H and O–H groups in total. The highest BCUT2D eigenvalue weighted by Gasteiger charge is 2.47. The Balaban J connectivity index is 2.35. The molecule has 0 radical (unpaired) electrons. The predicted octanol–water partition coefficient (Wildman–Crippen LogP) is 11.4. The Morgan fingerprint density at radius 1 is 0.516 bits per heavy atom. The van der Waals surface area contributed by atoms with Crippen LogP contribution in [0.1, 0.15) is 181 Å². The minimum Gasteiger partial charge on any atom is -0.479 e. The Bertz CT molecular complexity index is 1380. The summed E-state index contributed by atoms with van der Waals surface area (Å²) in [4.78, 5) is 36.9. The van der Waals surface area contributed by atoms with E-state index in [9.17, 15) is 34.8 Å². The number of aliphatic carboxylic acids is 1. The Morgan fingerprint density at radius 2 is 0.969 bits per heavy atom. The van der Waals surface area contributed by atoms with E-state index in [0.29, 0.717) is 12.8 Å². The van der Waals surface area contributed by atoms with Crippen molar-refractivity contribution < 1.29 is 53.8 Å². The molecule has 1 aliphatic heterocycles. The highest BCUT2D eigenvalue weighted by molar-refractivity contribution is 5.73. The van der Waals surface area contributed by atoms with Gasteiger partial charge in [-0.3, -0.25) is 9.59 Å². The Hall–Kier alpha value is -3.61. The SMILES string of the molecule is CC/C=C\C/C=C\C/C=C\C/C=C\C/C=C\CC(=O)OCC(COC1OC(C(=O)O)C(O)C(O)C1O)OC(=O)CCCCCCCCCCCCC/C=C\C/C=C\CCCCCCC. The first-order valence-corrected chi connectivity index (χ1v) is 24.6. The molecule has 0 aromatic rings. The van der Waals surface area contributed by atoms with Gasteiger partial charge in [-0.25, -0.2) is 4.79 Å². The van der Waals surface area contributed by atoms with Crippen LogP contribution in [-0.2, 0) is 33.3 Å². The second-order valence-electron chi connectivity index (χ2n) is 16.6. The van der Waals surface area contributed by atoms with Crippen molar-refractivity contribution in [1.82, 2.24) is 0 Å². The lowest BCUT2D eigenvalue weighted by molar-refractivity contribution is -0.298. The molecule has 11 nitrogen and oxygen atoms in total. The molecule has 0 aromatic heterocycles. The molecule has 64 heavy (non-hydrogen) atoms. The van der Waals surface area contributed by atoms with Gasteiger partial charge in [-0.15, -0.1) is 0 Å². The third-order valence-electron chi connectivity index (χ3n) is 10.8. The van der Waals surface area contributed by atoms with Gasteiger partial charge >= 0.3 is 17.9 Å². The van der Waals surface area contributed by atoms with E-state index in [1.165, 1.54) is 83.5 Å². The third kappa shape index (κ3) is 33.0. The van der Waals surface area contributed by atoms with Gasteiger partial charge in [-0.2, -0.15) is 0 Å². The molecule has 0 spiro atoms. The second kappa shape index (κ2) is 42.1. The summed E-state index contributed by atoms with van der Waals surface area (Å²) in [7, 11) is 0. The fraction of sp³-hybridized carbons (Fsp3) is 0.679. The quantitative estimate of drug-likeness (QED) is 0.0262. The number of carbonyl (C=O) groups is 3. The number of unbranched alkanes of at least 4 members (excludes halogenated alkanes) is 16. The van der Waals surface area contributed by atoms with Gasteiger partial charge in [0, 0.05) is 6.42 Å². The Kier molecular flexibility index (Phi) is 38.4. The molecule has 364 valence electrons. The number of rotatable bonds is 40. The van der Waals surface area contributed by atoms with E-state index in [4.69, 9.17) is 18.9 Å². The number of aliphatic hydroxyl groups is 3. The van der Waals surface area contributed by atoms with Crippen LogP contribution < -0.4 is 0 Å². The lowest BCUT2D eigenvalue weighted by Gasteiger charge is -2.38. The average molecular weight is 899 g/mol. The van der Waals surface area contributed by atoms with Crippen LogP contribution in [0.15, 0.2) is 85.1 Å². The number of carboxylic acid groups (broad SMARTS) is 1. The van der Waals surface area contributed by atoms with Crippen LogP contribution in [0, 0.1) is 0 Å². The largest absolute Gasteiger partial charge is 0.479 e. The molecule has 0 aliphatic carbocycles.